The number of ether oxygens (including phenoxy) is 1. The van der Waals surface area contributed by atoms with Gasteiger partial charge in [0, 0.05) is 28.3 Å². The van der Waals surface area contributed by atoms with Crippen LogP contribution in [0.25, 0.3) is 22.1 Å². The van der Waals surface area contributed by atoms with Crippen molar-refractivity contribution in [1.82, 2.24) is 5.32 Å². The largest absolute Gasteiger partial charge is 0.496 e. The van der Waals surface area contributed by atoms with E-state index in [1.807, 2.05) is 18.2 Å². The molecular formula is C24H19N3O4. The van der Waals surface area contributed by atoms with Crippen LogP contribution in [-0.2, 0) is 0 Å². The molecule has 1 heterocycles. The molecule has 7 heteroatoms. The third kappa shape index (κ3) is 4.30. The summed E-state index contributed by atoms with van der Waals surface area (Å²) in [7, 11) is 1.49. The van der Waals surface area contributed by atoms with E-state index in [2.05, 4.69) is 10.6 Å². The molecule has 0 radical (unpaired) electrons. The quantitative estimate of drug-likeness (QED) is 0.264. The highest BCUT2D eigenvalue weighted by atomic mass is 16.5. The molecule has 3 aromatic carbocycles. The van der Waals surface area contributed by atoms with Crippen LogP contribution in [0.1, 0.15) is 10.4 Å². The lowest BCUT2D eigenvalue weighted by molar-refractivity contribution is 0.0977. The molecule has 0 saturated heterocycles. The van der Waals surface area contributed by atoms with E-state index in [9.17, 15) is 9.59 Å². The molecule has 0 spiro atoms. The number of hydrogen-bond acceptors (Lipinski definition) is 5. The number of anilines is 1. The summed E-state index contributed by atoms with van der Waals surface area (Å²) in [4.78, 5) is 24.7. The lowest BCUT2D eigenvalue weighted by atomic mass is 10.0. The fourth-order valence-electron chi connectivity index (χ4n) is 3.19. The van der Waals surface area contributed by atoms with Crippen LogP contribution in [0.5, 0.6) is 5.75 Å². The monoisotopic (exact) mass is 413 g/mol. The minimum atomic E-state index is -0.472. The molecule has 0 saturated carbocycles. The van der Waals surface area contributed by atoms with Crippen LogP contribution in [0.15, 0.2) is 88.1 Å². The highest BCUT2D eigenvalue weighted by Crippen LogP contribution is 2.32. The molecule has 4 rings (SSSR count). The highest BCUT2D eigenvalue weighted by Gasteiger charge is 2.14. The molecule has 0 aliphatic rings. The molecule has 0 aliphatic heterocycles. The topological polar surface area (TPSA) is 104 Å². The van der Waals surface area contributed by atoms with Crippen LogP contribution >= 0.6 is 0 Å². The molecule has 4 aromatic rings. The first kappa shape index (κ1) is 19.9. The number of methoxy groups -OCH3 is 1. The Labute approximate surface area is 177 Å². The Bertz CT molecular complexity index is 1330. The maximum Gasteiger partial charge on any atom is 0.344 e. The van der Waals surface area contributed by atoms with Gasteiger partial charge in [0.2, 0.25) is 0 Å². The number of fused-ring (bicyclic) bond motifs is 1. The molecule has 0 bridgehead atoms. The molecule has 0 aliphatic carbocycles. The Morgan fingerprint density at radius 2 is 1.68 bits per heavy atom. The maximum atomic E-state index is 12.5. The fraction of sp³-hybridized carbons (Fsp3) is 0.0417. The van der Waals surface area contributed by atoms with Gasteiger partial charge in [-0.15, -0.1) is 0 Å². The highest BCUT2D eigenvalue weighted by molar-refractivity contribution is 6.08. The summed E-state index contributed by atoms with van der Waals surface area (Å²) in [6.07, 6.45) is 0. The number of rotatable bonds is 4. The molecule has 0 atom stereocenters. The zero-order chi connectivity index (χ0) is 21.8. The fourth-order valence-corrected chi connectivity index (χ4v) is 3.19. The van der Waals surface area contributed by atoms with E-state index in [0.717, 1.165) is 5.39 Å². The van der Waals surface area contributed by atoms with Crippen LogP contribution in [0.3, 0.4) is 0 Å². The van der Waals surface area contributed by atoms with Gasteiger partial charge in [0.25, 0.3) is 5.91 Å². The average Bonchev–Trinajstić information content (AvgIpc) is 2.79. The normalized spacial score (nSPS) is 10.5. The average molecular weight is 413 g/mol. The first-order valence-corrected chi connectivity index (χ1v) is 9.48. The summed E-state index contributed by atoms with van der Waals surface area (Å²) in [5, 5.41) is 14.1. The van der Waals surface area contributed by atoms with Gasteiger partial charge >= 0.3 is 5.63 Å². The Hall–Kier alpha value is -4.39. The Morgan fingerprint density at radius 1 is 0.935 bits per heavy atom. The molecule has 3 N–H and O–H groups in total. The van der Waals surface area contributed by atoms with E-state index in [1.54, 1.807) is 60.7 Å². The van der Waals surface area contributed by atoms with Crippen molar-refractivity contribution in [3.05, 3.63) is 94.8 Å². The van der Waals surface area contributed by atoms with Gasteiger partial charge in [0.1, 0.15) is 11.3 Å². The Kier molecular flexibility index (Phi) is 5.49. The van der Waals surface area contributed by atoms with E-state index in [-0.39, 0.29) is 5.96 Å². The third-order valence-corrected chi connectivity index (χ3v) is 4.68. The van der Waals surface area contributed by atoms with Crippen LogP contribution in [0.2, 0.25) is 0 Å². The second-order valence-corrected chi connectivity index (χ2v) is 6.72. The van der Waals surface area contributed by atoms with Gasteiger partial charge in [0.15, 0.2) is 5.96 Å². The molecule has 1 aromatic heterocycles. The summed E-state index contributed by atoms with van der Waals surface area (Å²) in [5.41, 5.74) is 1.94. The van der Waals surface area contributed by atoms with Crippen molar-refractivity contribution < 1.29 is 13.9 Å². The van der Waals surface area contributed by atoms with Crippen molar-refractivity contribution in [2.45, 2.75) is 0 Å². The second kappa shape index (κ2) is 8.54. The van der Waals surface area contributed by atoms with Gasteiger partial charge in [0.05, 0.1) is 12.7 Å². The summed E-state index contributed by atoms with van der Waals surface area (Å²) in [6, 6.07) is 22.7. The van der Waals surface area contributed by atoms with E-state index in [4.69, 9.17) is 14.6 Å². The number of amides is 1. The van der Waals surface area contributed by atoms with Gasteiger partial charge in [-0.25, -0.2) is 4.79 Å². The van der Waals surface area contributed by atoms with Crippen molar-refractivity contribution in [3.63, 3.8) is 0 Å². The Morgan fingerprint density at radius 3 is 2.45 bits per heavy atom. The summed E-state index contributed by atoms with van der Waals surface area (Å²) in [5.74, 6) is -0.154. The zero-order valence-electron chi connectivity index (χ0n) is 16.6. The van der Waals surface area contributed by atoms with Crippen LogP contribution in [-0.4, -0.2) is 19.0 Å². The van der Waals surface area contributed by atoms with Crippen molar-refractivity contribution in [3.8, 4) is 16.9 Å². The number of para-hydroxylation sites is 1. The smallest absolute Gasteiger partial charge is 0.344 e. The lowest BCUT2D eigenvalue weighted by Gasteiger charge is -2.13. The Balaban J connectivity index is 1.57. The maximum absolute atomic E-state index is 12.5. The summed E-state index contributed by atoms with van der Waals surface area (Å²) >= 11 is 0. The van der Waals surface area contributed by atoms with Gasteiger partial charge in [-0.05, 0) is 36.4 Å². The van der Waals surface area contributed by atoms with Crippen molar-refractivity contribution in [2.24, 2.45) is 0 Å². The van der Waals surface area contributed by atoms with Gasteiger partial charge < -0.3 is 14.5 Å². The number of guanidine groups is 1. The van der Waals surface area contributed by atoms with Gasteiger partial charge in [-0.1, -0.05) is 36.4 Å². The van der Waals surface area contributed by atoms with Crippen molar-refractivity contribution in [1.29, 1.82) is 5.41 Å². The van der Waals surface area contributed by atoms with Gasteiger partial charge in [-0.3, -0.25) is 15.5 Å². The number of hydrogen-bond donors (Lipinski definition) is 3. The van der Waals surface area contributed by atoms with Crippen LogP contribution < -0.4 is 21.0 Å². The molecule has 0 fully saturated rings. The third-order valence-electron chi connectivity index (χ3n) is 4.68. The minimum absolute atomic E-state index is 0.186. The van der Waals surface area contributed by atoms with E-state index in [0.29, 0.717) is 33.7 Å². The molecule has 0 unspecified atom stereocenters. The number of carbonyl (C=O) groups is 1. The molecule has 154 valence electrons. The first-order chi connectivity index (χ1) is 15.0. The molecule has 1 amide bonds. The number of benzene rings is 3. The van der Waals surface area contributed by atoms with E-state index < -0.39 is 11.5 Å². The molecule has 7 nitrogen and oxygen atoms in total. The molecular weight excluding hydrogens is 394 g/mol. The number of carbonyl (C=O) groups excluding carboxylic acids is 1. The SMILES string of the molecule is COc1cc(NC(=N)NC(=O)c2ccccc2)ccc1-c1cc2ccccc2oc1=O. The van der Waals surface area contributed by atoms with Crippen molar-refractivity contribution in [2.75, 3.05) is 12.4 Å². The predicted octanol–water partition coefficient (Wildman–Crippen LogP) is 4.25. The summed E-state index contributed by atoms with van der Waals surface area (Å²) < 4.78 is 10.9. The van der Waals surface area contributed by atoms with Gasteiger partial charge in [-0.2, -0.15) is 0 Å². The van der Waals surface area contributed by atoms with Crippen LogP contribution in [0.4, 0.5) is 5.69 Å². The minimum Gasteiger partial charge on any atom is -0.496 e. The van der Waals surface area contributed by atoms with E-state index >= 15 is 0 Å². The summed E-state index contributed by atoms with van der Waals surface area (Å²) in [6.45, 7) is 0. The lowest BCUT2D eigenvalue weighted by Crippen LogP contribution is -2.35. The van der Waals surface area contributed by atoms with Crippen LogP contribution in [0, 0.1) is 5.41 Å². The van der Waals surface area contributed by atoms with Crippen molar-refractivity contribution >= 4 is 28.5 Å². The first-order valence-electron chi connectivity index (χ1n) is 9.48. The predicted molar refractivity (Wildman–Crippen MR) is 120 cm³/mol. The second-order valence-electron chi connectivity index (χ2n) is 6.72. The zero-order valence-corrected chi connectivity index (χ0v) is 16.6. The standard InChI is InChI=1S/C24H19N3O4/c1-30-21-14-17(26-24(25)27-22(28)15-7-3-2-4-8-15)11-12-18(21)19-13-16-9-5-6-10-20(16)31-23(19)29/h2-14H,1H3,(H3,25,26,27,28). The molecule has 31 heavy (non-hydrogen) atoms. The number of nitrogens with one attached hydrogen (secondary N) is 3. The van der Waals surface area contributed by atoms with E-state index in [1.165, 1.54) is 7.11 Å².